The van der Waals surface area contributed by atoms with Crippen LogP contribution in [-0.4, -0.2) is 0 Å². The highest BCUT2D eigenvalue weighted by molar-refractivity contribution is 6.42. The number of hydrogen-bond donors (Lipinski definition) is 0. The van der Waals surface area contributed by atoms with Crippen molar-refractivity contribution in [2.24, 2.45) is 0 Å². The van der Waals surface area contributed by atoms with Gasteiger partial charge in [-0.15, -0.1) is 11.6 Å². The first-order valence-corrected chi connectivity index (χ1v) is 8.43. The molecule has 0 heterocycles. The van der Waals surface area contributed by atoms with Crippen LogP contribution in [0.3, 0.4) is 0 Å². The van der Waals surface area contributed by atoms with Crippen LogP contribution in [0.5, 0.6) is 0 Å². The summed E-state index contributed by atoms with van der Waals surface area (Å²) in [7, 11) is 0. The lowest BCUT2D eigenvalue weighted by atomic mass is 10.0. The molecule has 1 rings (SSSR count). The van der Waals surface area contributed by atoms with Gasteiger partial charge in [-0.1, -0.05) is 81.1 Å². The Bertz CT molecular complexity index is 363. The van der Waals surface area contributed by atoms with Gasteiger partial charge in [0.2, 0.25) is 0 Å². The van der Waals surface area contributed by atoms with E-state index in [1.807, 2.05) is 18.2 Å². The molecule has 1 aromatic rings. The summed E-state index contributed by atoms with van der Waals surface area (Å²) >= 11 is 18.3. The van der Waals surface area contributed by atoms with E-state index in [4.69, 9.17) is 34.8 Å². The lowest BCUT2D eigenvalue weighted by Crippen LogP contribution is -1.91. The average Bonchev–Trinajstić information content (AvgIpc) is 2.40. The van der Waals surface area contributed by atoms with Gasteiger partial charge < -0.3 is 0 Å². The standard InChI is InChI=1S/C16H23Cl3/c1-2-3-4-5-6-7-8-9-14(17)13-10-11-15(18)16(19)12-13/h10-12,14H,2-9H2,1H3. The van der Waals surface area contributed by atoms with Gasteiger partial charge >= 0.3 is 0 Å². The van der Waals surface area contributed by atoms with E-state index < -0.39 is 0 Å². The van der Waals surface area contributed by atoms with Crippen molar-refractivity contribution >= 4 is 34.8 Å². The van der Waals surface area contributed by atoms with E-state index >= 15 is 0 Å². The molecule has 0 amide bonds. The molecule has 0 fully saturated rings. The van der Waals surface area contributed by atoms with Crippen molar-refractivity contribution in [3.05, 3.63) is 33.8 Å². The zero-order valence-electron chi connectivity index (χ0n) is 11.6. The normalized spacial score (nSPS) is 12.6. The molecule has 19 heavy (non-hydrogen) atoms. The lowest BCUT2D eigenvalue weighted by molar-refractivity contribution is 0.572. The largest absolute Gasteiger partial charge is 0.118 e. The average molecular weight is 322 g/mol. The maximum atomic E-state index is 6.39. The summed E-state index contributed by atoms with van der Waals surface area (Å²) in [5, 5.41) is 1.22. The van der Waals surface area contributed by atoms with Crippen LogP contribution in [0.4, 0.5) is 0 Å². The Morgan fingerprint density at radius 3 is 2.16 bits per heavy atom. The smallest absolute Gasteiger partial charge is 0.0595 e. The molecule has 1 unspecified atom stereocenters. The topological polar surface area (TPSA) is 0 Å². The molecule has 108 valence electrons. The van der Waals surface area contributed by atoms with Crippen LogP contribution in [0, 0.1) is 0 Å². The molecular formula is C16H23Cl3. The molecule has 0 saturated heterocycles. The first-order valence-electron chi connectivity index (χ1n) is 7.24. The van der Waals surface area contributed by atoms with Crippen molar-refractivity contribution in [3.63, 3.8) is 0 Å². The highest BCUT2D eigenvalue weighted by Gasteiger charge is 2.09. The maximum absolute atomic E-state index is 6.39. The summed E-state index contributed by atoms with van der Waals surface area (Å²) in [5.41, 5.74) is 1.07. The summed E-state index contributed by atoms with van der Waals surface area (Å²) in [6.07, 6.45) is 10.2. The highest BCUT2D eigenvalue weighted by atomic mass is 35.5. The Morgan fingerprint density at radius 2 is 1.53 bits per heavy atom. The minimum atomic E-state index is 0.0467. The van der Waals surface area contributed by atoms with E-state index in [1.54, 1.807) is 0 Å². The molecule has 0 aliphatic carbocycles. The number of benzene rings is 1. The van der Waals surface area contributed by atoms with Gasteiger partial charge in [-0.2, -0.15) is 0 Å². The molecule has 0 aliphatic heterocycles. The van der Waals surface area contributed by atoms with E-state index in [9.17, 15) is 0 Å². The predicted molar refractivity (Wildman–Crippen MR) is 87.7 cm³/mol. The van der Waals surface area contributed by atoms with Crippen molar-refractivity contribution in [1.29, 1.82) is 0 Å². The Labute approximate surface area is 132 Å². The fourth-order valence-corrected chi connectivity index (χ4v) is 2.75. The van der Waals surface area contributed by atoms with Gasteiger partial charge in [0.1, 0.15) is 0 Å². The number of rotatable bonds is 9. The van der Waals surface area contributed by atoms with Gasteiger partial charge in [0.25, 0.3) is 0 Å². The van der Waals surface area contributed by atoms with E-state index in [-0.39, 0.29) is 5.38 Å². The van der Waals surface area contributed by atoms with Gasteiger partial charge in [0, 0.05) is 0 Å². The van der Waals surface area contributed by atoms with E-state index in [2.05, 4.69) is 6.92 Å². The minimum absolute atomic E-state index is 0.0467. The molecule has 1 atom stereocenters. The van der Waals surface area contributed by atoms with Crippen molar-refractivity contribution in [1.82, 2.24) is 0 Å². The Kier molecular flexibility index (Phi) is 8.94. The van der Waals surface area contributed by atoms with Crippen molar-refractivity contribution in [3.8, 4) is 0 Å². The third-order valence-electron chi connectivity index (χ3n) is 3.37. The number of halogens is 3. The minimum Gasteiger partial charge on any atom is -0.118 e. The van der Waals surface area contributed by atoms with Crippen molar-refractivity contribution < 1.29 is 0 Å². The third-order valence-corrected chi connectivity index (χ3v) is 4.58. The summed E-state index contributed by atoms with van der Waals surface area (Å²) in [6.45, 7) is 2.25. The van der Waals surface area contributed by atoms with E-state index in [0.29, 0.717) is 10.0 Å². The van der Waals surface area contributed by atoms with Gasteiger partial charge in [-0.05, 0) is 24.1 Å². The van der Waals surface area contributed by atoms with Gasteiger partial charge in [0.05, 0.1) is 15.4 Å². The van der Waals surface area contributed by atoms with Crippen LogP contribution in [0.1, 0.15) is 69.2 Å². The summed E-state index contributed by atoms with van der Waals surface area (Å²) in [4.78, 5) is 0. The molecule has 0 radical (unpaired) electrons. The van der Waals surface area contributed by atoms with Crippen molar-refractivity contribution in [2.45, 2.75) is 63.7 Å². The van der Waals surface area contributed by atoms with Crippen molar-refractivity contribution in [2.75, 3.05) is 0 Å². The van der Waals surface area contributed by atoms with Crippen LogP contribution in [-0.2, 0) is 0 Å². The van der Waals surface area contributed by atoms with Crippen LogP contribution >= 0.6 is 34.8 Å². The van der Waals surface area contributed by atoms with Gasteiger partial charge in [-0.25, -0.2) is 0 Å². The second kappa shape index (κ2) is 9.91. The first kappa shape index (κ1) is 17.1. The molecule has 0 bridgehead atoms. The molecule has 0 nitrogen and oxygen atoms in total. The number of alkyl halides is 1. The zero-order chi connectivity index (χ0) is 14.1. The zero-order valence-corrected chi connectivity index (χ0v) is 13.9. The summed E-state index contributed by atoms with van der Waals surface area (Å²) in [6, 6.07) is 5.66. The van der Waals surface area contributed by atoms with Gasteiger partial charge in [0.15, 0.2) is 0 Å². The Morgan fingerprint density at radius 1 is 0.895 bits per heavy atom. The third kappa shape index (κ3) is 6.88. The molecule has 0 N–H and O–H groups in total. The second-order valence-electron chi connectivity index (χ2n) is 5.05. The highest BCUT2D eigenvalue weighted by Crippen LogP contribution is 2.31. The van der Waals surface area contributed by atoms with Crippen LogP contribution < -0.4 is 0 Å². The monoisotopic (exact) mass is 320 g/mol. The van der Waals surface area contributed by atoms with Crippen LogP contribution in [0.15, 0.2) is 18.2 Å². The molecule has 1 aromatic carbocycles. The summed E-state index contributed by atoms with van der Waals surface area (Å²) in [5.74, 6) is 0. The molecule has 3 heteroatoms. The Balaban J connectivity index is 2.20. The molecule has 0 aromatic heterocycles. The maximum Gasteiger partial charge on any atom is 0.0595 e. The lowest BCUT2D eigenvalue weighted by Gasteiger charge is -2.10. The van der Waals surface area contributed by atoms with Crippen LogP contribution in [0.25, 0.3) is 0 Å². The fourth-order valence-electron chi connectivity index (χ4n) is 2.15. The predicted octanol–water partition coefficient (Wildman–Crippen LogP) is 7.41. The number of unbranched alkanes of at least 4 members (excludes halogenated alkanes) is 6. The van der Waals surface area contributed by atoms with Crippen LogP contribution in [0.2, 0.25) is 10.0 Å². The molecule has 0 spiro atoms. The quantitative estimate of drug-likeness (QED) is 0.328. The SMILES string of the molecule is CCCCCCCCCC(Cl)c1ccc(Cl)c(Cl)c1. The van der Waals surface area contributed by atoms with E-state index in [0.717, 1.165) is 12.0 Å². The van der Waals surface area contributed by atoms with Gasteiger partial charge in [-0.3, -0.25) is 0 Å². The fraction of sp³-hybridized carbons (Fsp3) is 0.625. The molecule has 0 saturated carbocycles. The summed E-state index contributed by atoms with van der Waals surface area (Å²) < 4.78 is 0. The molecule has 0 aliphatic rings. The number of hydrogen-bond acceptors (Lipinski definition) is 0. The second-order valence-corrected chi connectivity index (χ2v) is 6.39. The van der Waals surface area contributed by atoms with E-state index in [1.165, 1.54) is 44.9 Å². The first-order chi connectivity index (χ1) is 9.15. The Hall–Kier alpha value is 0.0900. The molecular weight excluding hydrogens is 299 g/mol.